The number of thioether (sulfide) groups is 2. The van der Waals surface area contributed by atoms with Gasteiger partial charge in [0, 0.05) is 0 Å². The van der Waals surface area contributed by atoms with Gasteiger partial charge in [0.25, 0.3) is 0 Å². The van der Waals surface area contributed by atoms with Crippen LogP contribution in [-0.2, 0) is 0 Å². The summed E-state index contributed by atoms with van der Waals surface area (Å²) in [7, 11) is 0. The van der Waals surface area contributed by atoms with E-state index in [2.05, 4.69) is 13.8 Å². The number of fused-ring (bicyclic) bond motifs is 1. The van der Waals surface area contributed by atoms with Crippen LogP contribution in [-0.4, -0.2) is 13.2 Å². The first-order chi connectivity index (χ1) is 13.2. The van der Waals surface area contributed by atoms with Crippen LogP contribution in [0.1, 0.15) is 57.9 Å². The summed E-state index contributed by atoms with van der Waals surface area (Å²) in [4.78, 5) is 1.94. The third kappa shape index (κ3) is 5.61. The average molecular weight is 403 g/mol. The molecule has 0 aromatic heterocycles. The lowest BCUT2D eigenvalue weighted by Crippen LogP contribution is -2.03. The summed E-state index contributed by atoms with van der Waals surface area (Å²) >= 11 is 2.89. The van der Waals surface area contributed by atoms with Gasteiger partial charge in [-0.15, -0.1) is 0 Å². The van der Waals surface area contributed by atoms with Gasteiger partial charge in [0.2, 0.25) is 0 Å². The van der Waals surface area contributed by atoms with Gasteiger partial charge in [-0.25, -0.2) is 0 Å². The van der Waals surface area contributed by atoms with E-state index in [1.165, 1.54) is 23.5 Å². The van der Waals surface area contributed by atoms with Gasteiger partial charge in [0.15, 0.2) is 0 Å². The molecule has 1 aliphatic heterocycles. The van der Waals surface area contributed by atoms with Crippen molar-refractivity contribution in [2.45, 2.75) is 69.1 Å². The van der Waals surface area contributed by atoms with E-state index in [0.717, 1.165) is 65.4 Å². The lowest BCUT2D eigenvalue weighted by atomic mass is 10.2. The van der Waals surface area contributed by atoms with Gasteiger partial charge >= 0.3 is 0 Å². The number of nitriles is 2. The Morgan fingerprint density at radius 1 is 0.926 bits per heavy atom. The van der Waals surface area contributed by atoms with E-state index in [1.54, 1.807) is 0 Å². The Morgan fingerprint density at radius 3 is 2.11 bits per heavy atom. The average Bonchev–Trinajstić information content (AvgIpc) is 3.10. The van der Waals surface area contributed by atoms with Gasteiger partial charge < -0.3 is 9.47 Å². The van der Waals surface area contributed by atoms with E-state index in [1.807, 2.05) is 25.1 Å². The van der Waals surface area contributed by atoms with Crippen molar-refractivity contribution in [2.24, 2.45) is 0 Å². The SMILES string of the molecule is CCCCCOc1cc(C)c(OCCCCC)c2c1SC(=C(C#N)C#N)S2. The molecule has 0 aliphatic carbocycles. The molecule has 0 bridgehead atoms. The van der Waals surface area contributed by atoms with Crippen LogP contribution in [0.2, 0.25) is 0 Å². The van der Waals surface area contributed by atoms with Crippen LogP contribution >= 0.6 is 23.5 Å². The van der Waals surface area contributed by atoms with Crippen LogP contribution in [0, 0.1) is 29.6 Å². The van der Waals surface area contributed by atoms with Crippen LogP contribution < -0.4 is 9.47 Å². The molecule has 4 nitrogen and oxygen atoms in total. The highest BCUT2D eigenvalue weighted by Gasteiger charge is 2.30. The molecule has 2 rings (SSSR count). The van der Waals surface area contributed by atoms with Gasteiger partial charge in [0.1, 0.15) is 29.2 Å². The van der Waals surface area contributed by atoms with E-state index in [-0.39, 0.29) is 5.57 Å². The third-order valence-corrected chi connectivity index (χ3v) is 6.77. The Hall–Kier alpha value is -1.76. The Labute approximate surface area is 170 Å². The van der Waals surface area contributed by atoms with Crippen molar-refractivity contribution in [3.05, 3.63) is 21.4 Å². The number of benzene rings is 1. The summed E-state index contributed by atoms with van der Waals surface area (Å²) in [5.41, 5.74) is 1.17. The molecule has 0 fully saturated rings. The zero-order valence-electron chi connectivity index (χ0n) is 16.3. The first-order valence-electron chi connectivity index (χ1n) is 9.49. The number of rotatable bonds is 10. The first-order valence-corrected chi connectivity index (χ1v) is 11.1. The van der Waals surface area contributed by atoms with Gasteiger partial charge in [-0.05, 0) is 31.4 Å². The molecule has 1 heterocycles. The normalized spacial score (nSPS) is 12.3. The molecule has 0 saturated heterocycles. The maximum Gasteiger partial charge on any atom is 0.150 e. The molecule has 0 spiro atoms. The van der Waals surface area contributed by atoms with Gasteiger partial charge in [0.05, 0.1) is 27.2 Å². The summed E-state index contributed by atoms with van der Waals surface area (Å²) in [6, 6.07) is 6.02. The van der Waals surface area contributed by atoms with Crippen molar-refractivity contribution in [1.29, 1.82) is 10.5 Å². The number of allylic oxidation sites excluding steroid dienone is 1. The van der Waals surface area contributed by atoms with E-state index < -0.39 is 0 Å². The Morgan fingerprint density at radius 2 is 1.52 bits per heavy atom. The molecule has 0 unspecified atom stereocenters. The minimum Gasteiger partial charge on any atom is -0.492 e. The van der Waals surface area contributed by atoms with Crippen molar-refractivity contribution >= 4 is 23.5 Å². The topological polar surface area (TPSA) is 66.0 Å². The molecule has 27 heavy (non-hydrogen) atoms. The minimum absolute atomic E-state index is 0.146. The Kier molecular flexibility index (Phi) is 8.91. The number of hydrogen-bond acceptors (Lipinski definition) is 6. The van der Waals surface area contributed by atoms with Crippen LogP contribution in [0.4, 0.5) is 0 Å². The molecular weight excluding hydrogens is 376 g/mol. The first kappa shape index (κ1) is 21.5. The third-order valence-electron chi connectivity index (χ3n) is 4.16. The number of hydrogen-bond donors (Lipinski definition) is 0. The molecule has 144 valence electrons. The highest BCUT2D eigenvalue weighted by atomic mass is 32.2. The number of aryl methyl sites for hydroxylation is 1. The van der Waals surface area contributed by atoms with E-state index >= 15 is 0 Å². The molecule has 0 atom stereocenters. The Bertz CT molecular complexity index is 760. The van der Waals surface area contributed by atoms with Crippen LogP contribution in [0.25, 0.3) is 0 Å². The fourth-order valence-corrected chi connectivity index (χ4v) is 5.27. The van der Waals surface area contributed by atoms with Crippen molar-refractivity contribution in [3.63, 3.8) is 0 Å². The molecule has 1 aliphatic rings. The largest absolute Gasteiger partial charge is 0.492 e. The van der Waals surface area contributed by atoms with E-state index in [9.17, 15) is 10.5 Å². The minimum atomic E-state index is 0.146. The van der Waals surface area contributed by atoms with Crippen molar-refractivity contribution < 1.29 is 9.47 Å². The van der Waals surface area contributed by atoms with Crippen LogP contribution in [0.5, 0.6) is 11.5 Å². The van der Waals surface area contributed by atoms with E-state index in [4.69, 9.17) is 9.47 Å². The summed E-state index contributed by atoms with van der Waals surface area (Å²) in [6.07, 6.45) is 6.61. The standard InChI is InChI=1S/C21H26N2O2S2/c1-4-6-8-10-24-17-12-15(3)18(25-11-9-7-5-2)20-19(17)26-21(27-20)16(13-22)14-23/h12H,4-11H2,1-3H3. The fraction of sp³-hybridized carbons (Fsp3) is 0.524. The maximum atomic E-state index is 9.24. The van der Waals surface area contributed by atoms with Gasteiger partial charge in [-0.1, -0.05) is 63.1 Å². The van der Waals surface area contributed by atoms with Crippen molar-refractivity contribution in [1.82, 2.24) is 0 Å². The molecule has 1 aromatic rings. The maximum absolute atomic E-state index is 9.24. The quantitative estimate of drug-likeness (QED) is 0.325. The fourth-order valence-electron chi connectivity index (χ4n) is 2.68. The predicted molar refractivity (Wildman–Crippen MR) is 111 cm³/mol. The second-order valence-electron chi connectivity index (χ2n) is 6.38. The summed E-state index contributed by atoms with van der Waals surface area (Å²) in [6.45, 7) is 7.70. The lowest BCUT2D eigenvalue weighted by Gasteiger charge is -2.16. The van der Waals surface area contributed by atoms with Gasteiger partial charge in [-0.2, -0.15) is 10.5 Å². The van der Waals surface area contributed by atoms with Crippen LogP contribution in [0.3, 0.4) is 0 Å². The Balaban J connectivity index is 2.31. The predicted octanol–water partition coefficient (Wildman–Crippen LogP) is 6.59. The summed E-state index contributed by atoms with van der Waals surface area (Å²) < 4.78 is 12.8. The number of unbranched alkanes of at least 4 members (excludes halogenated alkanes) is 4. The highest BCUT2D eigenvalue weighted by molar-refractivity contribution is 8.24. The molecule has 0 saturated carbocycles. The molecule has 0 amide bonds. The summed E-state index contributed by atoms with van der Waals surface area (Å²) in [5.74, 6) is 1.67. The number of nitrogens with zero attached hydrogens (tertiary/aromatic N) is 2. The highest BCUT2D eigenvalue weighted by Crippen LogP contribution is 2.59. The molecule has 1 aromatic carbocycles. The zero-order chi connectivity index (χ0) is 19.6. The second kappa shape index (κ2) is 11.2. The number of ether oxygens (including phenoxy) is 2. The molecule has 0 radical (unpaired) electrons. The lowest BCUT2D eigenvalue weighted by molar-refractivity contribution is 0.284. The molecule has 0 N–H and O–H groups in total. The molecular formula is C21H26N2O2S2. The van der Waals surface area contributed by atoms with Gasteiger partial charge in [-0.3, -0.25) is 0 Å². The van der Waals surface area contributed by atoms with Crippen molar-refractivity contribution in [2.75, 3.05) is 13.2 Å². The van der Waals surface area contributed by atoms with E-state index in [0.29, 0.717) is 17.5 Å². The summed E-state index contributed by atoms with van der Waals surface area (Å²) in [5, 5.41) is 18.5. The second-order valence-corrected chi connectivity index (χ2v) is 8.68. The zero-order valence-corrected chi connectivity index (χ0v) is 17.9. The smallest absolute Gasteiger partial charge is 0.150 e. The monoisotopic (exact) mass is 402 g/mol. The van der Waals surface area contributed by atoms with Crippen LogP contribution in [0.15, 0.2) is 25.7 Å². The van der Waals surface area contributed by atoms with Crippen molar-refractivity contribution in [3.8, 4) is 23.6 Å². The molecule has 6 heteroatoms.